The van der Waals surface area contributed by atoms with Gasteiger partial charge < -0.3 is 10.0 Å². The Morgan fingerprint density at radius 1 is 1.39 bits per heavy atom. The lowest BCUT2D eigenvalue weighted by atomic mass is 9.64. The van der Waals surface area contributed by atoms with E-state index < -0.39 is 5.60 Å². The van der Waals surface area contributed by atoms with Crippen LogP contribution in [0.25, 0.3) is 0 Å². The molecule has 2 heterocycles. The molecule has 1 aromatic rings. The van der Waals surface area contributed by atoms with Crippen LogP contribution in [0.5, 0.6) is 0 Å². The van der Waals surface area contributed by atoms with Crippen molar-refractivity contribution < 1.29 is 5.11 Å². The van der Waals surface area contributed by atoms with Gasteiger partial charge in [0.2, 0.25) is 0 Å². The Morgan fingerprint density at radius 2 is 2.06 bits per heavy atom. The highest BCUT2D eigenvalue weighted by atomic mass is 79.9. The second-order valence-corrected chi connectivity index (χ2v) is 6.65. The molecule has 3 nitrogen and oxygen atoms in total. The molecule has 1 aliphatic carbocycles. The molecule has 1 saturated heterocycles. The van der Waals surface area contributed by atoms with Crippen LogP contribution in [-0.4, -0.2) is 35.1 Å². The molecule has 0 spiro atoms. The van der Waals surface area contributed by atoms with E-state index in [1.165, 1.54) is 6.42 Å². The Bertz CT molecular complexity index is 437. The summed E-state index contributed by atoms with van der Waals surface area (Å²) < 4.78 is 0.998. The van der Waals surface area contributed by atoms with Gasteiger partial charge in [0.05, 0.1) is 5.69 Å². The molecule has 4 heteroatoms. The molecule has 0 unspecified atom stereocenters. The third-order valence-electron chi connectivity index (χ3n) is 4.55. The third kappa shape index (κ3) is 1.91. The van der Waals surface area contributed by atoms with E-state index in [0.29, 0.717) is 11.8 Å². The van der Waals surface area contributed by atoms with Gasteiger partial charge in [0.25, 0.3) is 0 Å². The molecule has 2 aliphatic rings. The highest BCUT2D eigenvalue weighted by Gasteiger charge is 2.51. The smallest absolute Gasteiger partial charge is 0.115 e. The Labute approximate surface area is 116 Å². The number of likely N-dealkylation sites (tertiary alicyclic amines) is 1. The van der Waals surface area contributed by atoms with Gasteiger partial charge in [-0.05, 0) is 32.0 Å². The van der Waals surface area contributed by atoms with Crippen LogP contribution < -0.4 is 0 Å². The topological polar surface area (TPSA) is 36.4 Å². The van der Waals surface area contributed by atoms with Gasteiger partial charge in [0.1, 0.15) is 5.60 Å². The van der Waals surface area contributed by atoms with Gasteiger partial charge in [0, 0.05) is 35.6 Å². The van der Waals surface area contributed by atoms with Gasteiger partial charge in [-0.3, -0.25) is 4.98 Å². The number of hydrogen-bond acceptors (Lipinski definition) is 3. The van der Waals surface area contributed by atoms with Gasteiger partial charge in [-0.1, -0.05) is 22.4 Å². The largest absolute Gasteiger partial charge is 0.383 e. The average Bonchev–Trinajstić information content (AvgIpc) is 2.31. The first-order valence-electron chi connectivity index (χ1n) is 6.63. The first kappa shape index (κ1) is 12.6. The van der Waals surface area contributed by atoms with Crippen LogP contribution in [-0.2, 0) is 5.60 Å². The van der Waals surface area contributed by atoms with E-state index in [4.69, 9.17) is 0 Å². The fourth-order valence-corrected chi connectivity index (χ4v) is 4.05. The maximum Gasteiger partial charge on any atom is 0.115 e. The summed E-state index contributed by atoms with van der Waals surface area (Å²) in [6.07, 6.45) is 5.22. The number of nitrogens with zero attached hydrogens (tertiary/aromatic N) is 2. The summed E-state index contributed by atoms with van der Waals surface area (Å²) in [6.45, 7) is 1.95. The molecule has 1 aromatic heterocycles. The van der Waals surface area contributed by atoms with E-state index in [0.717, 1.165) is 36.1 Å². The summed E-state index contributed by atoms with van der Waals surface area (Å²) in [6, 6.07) is 3.90. The van der Waals surface area contributed by atoms with E-state index in [9.17, 15) is 5.11 Å². The summed E-state index contributed by atoms with van der Waals surface area (Å²) in [5.74, 6) is 0.633. The summed E-state index contributed by atoms with van der Waals surface area (Å²) >= 11 is 3.48. The number of aliphatic hydroxyl groups is 1. The molecule has 3 atom stereocenters. The van der Waals surface area contributed by atoms with Crippen molar-refractivity contribution in [2.45, 2.75) is 24.9 Å². The van der Waals surface area contributed by atoms with Crippen molar-refractivity contribution in [1.82, 2.24) is 9.88 Å². The van der Waals surface area contributed by atoms with Gasteiger partial charge >= 0.3 is 0 Å². The van der Waals surface area contributed by atoms with Crippen molar-refractivity contribution in [1.29, 1.82) is 0 Å². The van der Waals surface area contributed by atoms with E-state index in [2.05, 4.69) is 32.9 Å². The van der Waals surface area contributed by atoms with Crippen LogP contribution in [0.4, 0.5) is 0 Å². The van der Waals surface area contributed by atoms with Crippen LogP contribution in [0, 0.1) is 11.8 Å². The highest BCUT2D eigenvalue weighted by molar-refractivity contribution is 9.10. The van der Waals surface area contributed by atoms with E-state index >= 15 is 0 Å². The molecule has 98 valence electrons. The SMILES string of the molecule is CN1C[C@H]2CCC[C@@H](C1)[C@@]2(O)c1cc(Br)ccn1. The Hall–Kier alpha value is -0.450. The molecule has 1 saturated carbocycles. The van der Waals surface area contributed by atoms with Gasteiger partial charge in [0.15, 0.2) is 0 Å². The predicted octanol–water partition coefficient (Wildman–Crippen LogP) is 2.39. The zero-order valence-electron chi connectivity index (χ0n) is 10.6. The lowest BCUT2D eigenvalue weighted by Gasteiger charge is -2.52. The van der Waals surface area contributed by atoms with Crippen molar-refractivity contribution in [3.8, 4) is 0 Å². The summed E-state index contributed by atoms with van der Waals surface area (Å²) in [7, 11) is 2.15. The second kappa shape index (κ2) is 4.58. The minimum absolute atomic E-state index is 0.316. The zero-order chi connectivity index (χ0) is 12.8. The second-order valence-electron chi connectivity index (χ2n) is 5.73. The molecule has 1 aliphatic heterocycles. The molecule has 18 heavy (non-hydrogen) atoms. The fourth-order valence-electron chi connectivity index (χ4n) is 3.71. The Balaban J connectivity index is 2.02. The van der Waals surface area contributed by atoms with Crippen LogP contribution in [0.15, 0.2) is 22.8 Å². The van der Waals surface area contributed by atoms with Crippen LogP contribution in [0.3, 0.4) is 0 Å². The molecular formula is C14H19BrN2O. The molecule has 2 fully saturated rings. The first-order valence-corrected chi connectivity index (χ1v) is 7.43. The van der Waals surface area contributed by atoms with Crippen LogP contribution in [0.1, 0.15) is 25.0 Å². The van der Waals surface area contributed by atoms with Crippen molar-refractivity contribution in [3.05, 3.63) is 28.5 Å². The monoisotopic (exact) mass is 310 g/mol. The summed E-state index contributed by atoms with van der Waals surface area (Å²) in [5, 5.41) is 11.3. The number of hydrogen-bond donors (Lipinski definition) is 1. The van der Waals surface area contributed by atoms with Gasteiger partial charge in [-0.2, -0.15) is 0 Å². The summed E-state index contributed by atoms with van der Waals surface area (Å²) in [4.78, 5) is 6.79. The number of fused-ring (bicyclic) bond motifs is 2. The first-order chi connectivity index (χ1) is 8.60. The lowest BCUT2D eigenvalue weighted by molar-refractivity contribution is -0.145. The Morgan fingerprint density at radius 3 is 2.67 bits per heavy atom. The number of piperidine rings is 1. The molecular weight excluding hydrogens is 292 g/mol. The molecule has 0 radical (unpaired) electrons. The van der Waals surface area contributed by atoms with Crippen molar-refractivity contribution >= 4 is 15.9 Å². The standard InChI is InChI=1S/C14H19BrN2O/c1-17-8-10-3-2-4-11(9-17)14(10,18)13-7-12(15)5-6-16-13/h5-7,10-11,18H,2-4,8-9H2,1H3/t10-,11+,14-. The van der Waals surface area contributed by atoms with E-state index in [1.807, 2.05) is 12.1 Å². The fraction of sp³-hybridized carbons (Fsp3) is 0.643. The minimum atomic E-state index is -0.728. The molecule has 0 aromatic carbocycles. The maximum absolute atomic E-state index is 11.3. The average molecular weight is 311 g/mol. The molecule has 0 amide bonds. The normalized spacial score (nSPS) is 36.6. The zero-order valence-corrected chi connectivity index (χ0v) is 12.2. The quantitative estimate of drug-likeness (QED) is 0.865. The van der Waals surface area contributed by atoms with Crippen LogP contribution >= 0.6 is 15.9 Å². The molecule has 3 rings (SSSR count). The molecule has 2 bridgehead atoms. The van der Waals surface area contributed by atoms with E-state index in [-0.39, 0.29) is 0 Å². The number of aromatic nitrogens is 1. The Kier molecular flexibility index (Phi) is 3.20. The van der Waals surface area contributed by atoms with Crippen molar-refractivity contribution in [2.75, 3.05) is 20.1 Å². The number of halogens is 1. The number of rotatable bonds is 1. The maximum atomic E-state index is 11.3. The molecule has 1 N–H and O–H groups in total. The minimum Gasteiger partial charge on any atom is -0.383 e. The van der Waals surface area contributed by atoms with Gasteiger partial charge in [-0.25, -0.2) is 0 Å². The number of pyridine rings is 1. The third-order valence-corrected chi connectivity index (χ3v) is 5.04. The van der Waals surface area contributed by atoms with Crippen molar-refractivity contribution in [3.63, 3.8) is 0 Å². The highest BCUT2D eigenvalue weighted by Crippen LogP contribution is 2.48. The lowest BCUT2D eigenvalue weighted by Crippen LogP contribution is -2.57. The predicted molar refractivity (Wildman–Crippen MR) is 74.2 cm³/mol. The van der Waals surface area contributed by atoms with Crippen LogP contribution in [0.2, 0.25) is 0 Å². The van der Waals surface area contributed by atoms with E-state index in [1.54, 1.807) is 6.20 Å². The van der Waals surface area contributed by atoms with Gasteiger partial charge in [-0.15, -0.1) is 0 Å². The van der Waals surface area contributed by atoms with Crippen molar-refractivity contribution in [2.24, 2.45) is 11.8 Å². The summed E-state index contributed by atoms with van der Waals surface area (Å²) in [5.41, 5.74) is 0.119.